The Kier molecular flexibility index (Phi) is 4.66. The molecule has 0 aliphatic rings. The highest BCUT2D eigenvalue weighted by atomic mass is 16.6. The zero-order chi connectivity index (χ0) is 21.4. The Balaban J connectivity index is 1.50. The number of benzene rings is 1. The number of hydrogen-bond acceptors (Lipinski definition) is 6. The van der Waals surface area contributed by atoms with E-state index in [-0.39, 0.29) is 6.61 Å². The van der Waals surface area contributed by atoms with Gasteiger partial charge in [0.25, 0.3) is 0 Å². The number of nitrogens with zero attached hydrogens (tertiary/aromatic N) is 7. The normalized spacial score (nSPS) is 11.7. The maximum absolute atomic E-state index is 5.40. The molecular formula is C23H21N7O. The fourth-order valence-corrected chi connectivity index (χ4v) is 3.62. The molecule has 0 unspecified atom stereocenters. The Labute approximate surface area is 178 Å². The van der Waals surface area contributed by atoms with Gasteiger partial charge in [-0.3, -0.25) is 4.57 Å². The van der Waals surface area contributed by atoms with Crippen LogP contribution in [0.3, 0.4) is 0 Å². The Morgan fingerprint density at radius 2 is 1.87 bits per heavy atom. The molecule has 0 aliphatic heterocycles. The van der Waals surface area contributed by atoms with E-state index >= 15 is 0 Å². The number of aryl methyl sites for hydroxylation is 2. The molecule has 5 rings (SSSR count). The summed E-state index contributed by atoms with van der Waals surface area (Å²) in [5, 5.41) is 9.46. The monoisotopic (exact) mass is 411 g/mol. The van der Waals surface area contributed by atoms with Crippen molar-refractivity contribution in [3.8, 4) is 5.82 Å². The summed E-state index contributed by atoms with van der Waals surface area (Å²) in [6.45, 7) is 6.36. The van der Waals surface area contributed by atoms with E-state index in [1.165, 1.54) is 0 Å². The third kappa shape index (κ3) is 3.42. The minimum absolute atomic E-state index is 0.171. The van der Waals surface area contributed by atoms with Gasteiger partial charge in [0.05, 0.1) is 11.6 Å². The second kappa shape index (κ2) is 7.64. The van der Waals surface area contributed by atoms with E-state index in [9.17, 15) is 0 Å². The van der Waals surface area contributed by atoms with Gasteiger partial charge in [-0.05, 0) is 49.6 Å². The molecule has 1 aromatic carbocycles. The number of pyridine rings is 1. The van der Waals surface area contributed by atoms with Crippen LogP contribution in [0.2, 0.25) is 0 Å². The molecule has 0 N–H and O–H groups in total. The van der Waals surface area contributed by atoms with E-state index < -0.39 is 0 Å². The van der Waals surface area contributed by atoms with Crippen molar-refractivity contribution in [3.63, 3.8) is 0 Å². The molecule has 4 aromatic heterocycles. The van der Waals surface area contributed by atoms with Crippen LogP contribution in [0, 0.1) is 20.8 Å². The topological polar surface area (TPSA) is 82.5 Å². The van der Waals surface area contributed by atoms with Crippen LogP contribution in [0.15, 0.2) is 60.1 Å². The van der Waals surface area contributed by atoms with Gasteiger partial charge in [-0.25, -0.2) is 19.5 Å². The molecule has 0 spiro atoms. The summed E-state index contributed by atoms with van der Waals surface area (Å²) < 4.78 is 3.75. The largest absolute Gasteiger partial charge is 0.387 e. The predicted octanol–water partition coefficient (Wildman–Crippen LogP) is 3.94. The maximum Gasteiger partial charge on any atom is 0.192 e. The quantitative estimate of drug-likeness (QED) is 0.323. The third-order valence-corrected chi connectivity index (χ3v) is 5.28. The molecule has 0 radical (unpaired) electrons. The minimum Gasteiger partial charge on any atom is -0.387 e. The van der Waals surface area contributed by atoms with Gasteiger partial charge < -0.3 is 4.84 Å². The second-order valence-corrected chi connectivity index (χ2v) is 7.40. The number of fused-ring (bicyclic) bond motifs is 3. The van der Waals surface area contributed by atoms with Gasteiger partial charge in [0, 0.05) is 11.9 Å². The lowest BCUT2D eigenvalue weighted by Crippen LogP contribution is -2.01. The van der Waals surface area contributed by atoms with Crippen molar-refractivity contribution in [2.75, 3.05) is 0 Å². The molecule has 0 fully saturated rings. The van der Waals surface area contributed by atoms with Crippen LogP contribution < -0.4 is 0 Å². The van der Waals surface area contributed by atoms with Gasteiger partial charge in [-0.15, -0.1) is 5.10 Å². The lowest BCUT2D eigenvalue weighted by Gasteiger charge is -2.07. The second-order valence-electron chi connectivity index (χ2n) is 7.40. The zero-order valence-corrected chi connectivity index (χ0v) is 17.5. The highest BCUT2D eigenvalue weighted by Crippen LogP contribution is 2.29. The molecule has 4 heterocycles. The van der Waals surface area contributed by atoms with Crippen LogP contribution in [0.25, 0.3) is 22.5 Å². The van der Waals surface area contributed by atoms with E-state index in [2.05, 4.69) is 45.6 Å². The fraction of sp³-hybridized carbons (Fsp3) is 0.174. The van der Waals surface area contributed by atoms with Crippen LogP contribution in [-0.4, -0.2) is 35.3 Å². The summed E-state index contributed by atoms with van der Waals surface area (Å²) in [5.41, 5.74) is 5.82. The first kappa shape index (κ1) is 18.9. The first-order chi connectivity index (χ1) is 15.1. The smallest absolute Gasteiger partial charge is 0.192 e. The van der Waals surface area contributed by atoms with E-state index in [1.807, 2.05) is 48.7 Å². The van der Waals surface area contributed by atoms with Crippen LogP contribution in [0.1, 0.15) is 28.2 Å². The van der Waals surface area contributed by atoms with Gasteiger partial charge in [-0.1, -0.05) is 35.5 Å². The Hall–Kier alpha value is -4.07. The summed E-state index contributed by atoms with van der Waals surface area (Å²) in [6, 6.07) is 13.8. The number of aromatic nitrogens is 6. The SMILES string of the molecule is Cc1ccnc(-n2c(C)c(C)c3c2ncn2nc(CO/N=C/c4ccccc4)nc32)c1. The lowest BCUT2D eigenvalue weighted by molar-refractivity contribution is 0.126. The summed E-state index contributed by atoms with van der Waals surface area (Å²) in [6.07, 6.45) is 5.15. The van der Waals surface area contributed by atoms with Crippen LogP contribution >= 0.6 is 0 Å². The van der Waals surface area contributed by atoms with Crippen molar-refractivity contribution >= 4 is 22.9 Å². The third-order valence-electron chi connectivity index (χ3n) is 5.28. The summed E-state index contributed by atoms with van der Waals surface area (Å²) in [7, 11) is 0. The van der Waals surface area contributed by atoms with E-state index in [0.717, 1.165) is 44.9 Å². The van der Waals surface area contributed by atoms with E-state index in [1.54, 1.807) is 17.1 Å². The first-order valence-corrected chi connectivity index (χ1v) is 9.97. The predicted molar refractivity (Wildman–Crippen MR) is 118 cm³/mol. The average Bonchev–Trinajstić information content (AvgIpc) is 3.30. The first-order valence-electron chi connectivity index (χ1n) is 9.97. The summed E-state index contributed by atoms with van der Waals surface area (Å²) in [4.78, 5) is 19.3. The van der Waals surface area contributed by atoms with Crippen molar-refractivity contribution in [2.24, 2.45) is 5.16 Å². The molecular weight excluding hydrogens is 390 g/mol. The van der Waals surface area contributed by atoms with Gasteiger partial charge in [-0.2, -0.15) is 0 Å². The lowest BCUT2D eigenvalue weighted by atomic mass is 10.2. The van der Waals surface area contributed by atoms with Crippen molar-refractivity contribution in [1.29, 1.82) is 0 Å². The molecule has 0 atom stereocenters. The van der Waals surface area contributed by atoms with Crippen LogP contribution in [0.4, 0.5) is 0 Å². The molecule has 154 valence electrons. The van der Waals surface area contributed by atoms with Gasteiger partial charge >= 0.3 is 0 Å². The molecule has 0 saturated heterocycles. The van der Waals surface area contributed by atoms with Gasteiger partial charge in [0.15, 0.2) is 23.7 Å². The molecule has 8 heteroatoms. The van der Waals surface area contributed by atoms with Crippen molar-refractivity contribution in [2.45, 2.75) is 27.4 Å². The highest BCUT2D eigenvalue weighted by Gasteiger charge is 2.19. The molecule has 31 heavy (non-hydrogen) atoms. The molecule has 0 aliphatic carbocycles. The Morgan fingerprint density at radius 1 is 1.03 bits per heavy atom. The zero-order valence-electron chi connectivity index (χ0n) is 17.5. The maximum atomic E-state index is 5.40. The average molecular weight is 411 g/mol. The highest BCUT2D eigenvalue weighted by molar-refractivity contribution is 5.94. The van der Waals surface area contributed by atoms with Crippen molar-refractivity contribution in [3.05, 3.63) is 83.2 Å². The van der Waals surface area contributed by atoms with E-state index in [4.69, 9.17) is 9.82 Å². The fourth-order valence-electron chi connectivity index (χ4n) is 3.62. The molecule has 8 nitrogen and oxygen atoms in total. The Morgan fingerprint density at radius 3 is 2.68 bits per heavy atom. The Bertz CT molecular complexity index is 1420. The standard InChI is InChI=1S/C23H21N7O/c1-15-9-10-24-20(11-15)30-17(3)16(2)21-22(30)25-14-29-23(21)27-19(28-29)13-31-26-12-18-7-5-4-6-8-18/h4-12,14H,13H2,1-3H3/b26-12+. The summed E-state index contributed by atoms with van der Waals surface area (Å²) in [5.74, 6) is 1.38. The molecule has 5 aromatic rings. The van der Waals surface area contributed by atoms with Crippen molar-refractivity contribution in [1.82, 2.24) is 29.1 Å². The van der Waals surface area contributed by atoms with E-state index in [0.29, 0.717) is 5.82 Å². The molecule has 0 saturated carbocycles. The molecule has 0 amide bonds. The van der Waals surface area contributed by atoms with Gasteiger partial charge in [0.1, 0.15) is 12.1 Å². The minimum atomic E-state index is 0.171. The number of oxime groups is 1. The van der Waals surface area contributed by atoms with Gasteiger partial charge in [0.2, 0.25) is 0 Å². The summed E-state index contributed by atoms with van der Waals surface area (Å²) >= 11 is 0. The van der Waals surface area contributed by atoms with Crippen LogP contribution in [0.5, 0.6) is 0 Å². The van der Waals surface area contributed by atoms with Crippen molar-refractivity contribution < 1.29 is 4.84 Å². The number of hydrogen-bond donors (Lipinski definition) is 0. The molecule has 0 bridgehead atoms. The van der Waals surface area contributed by atoms with Crippen LogP contribution in [-0.2, 0) is 11.4 Å². The number of rotatable bonds is 5.